The fraction of sp³-hybridized carbons (Fsp3) is 0.526. The molecule has 5 heteroatoms. The highest BCUT2D eigenvalue weighted by Crippen LogP contribution is 2.42. The Morgan fingerprint density at radius 1 is 1.33 bits per heavy atom. The minimum atomic E-state index is -2.16. The van der Waals surface area contributed by atoms with Crippen molar-refractivity contribution >= 4 is 25.9 Å². The molecule has 0 aliphatic heterocycles. The van der Waals surface area contributed by atoms with Crippen molar-refractivity contribution in [2.75, 3.05) is 0 Å². The first-order valence-electron chi connectivity index (χ1n) is 8.09. The number of carboxylic acids is 1. The molecule has 2 atom stereocenters. The van der Waals surface area contributed by atoms with E-state index in [1.54, 1.807) is 12.1 Å². The van der Waals surface area contributed by atoms with Crippen molar-refractivity contribution < 1.29 is 14.3 Å². The van der Waals surface area contributed by atoms with Gasteiger partial charge in [-0.25, -0.2) is 0 Å². The summed E-state index contributed by atoms with van der Waals surface area (Å²) in [7, 11) is -2.16. The summed E-state index contributed by atoms with van der Waals surface area (Å²) >= 11 is 5.97. The van der Waals surface area contributed by atoms with Gasteiger partial charge in [0.25, 0.3) is 0 Å². The third kappa shape index (κ3) is 5.37. The van der Waals surface area contributed by atoms with E-state index in [1.807, 2.05) is 12.1 Å². The second-order valence-corrected chi connectivity index (χ2v) is 12.7. The molecular formula is C19H27ClO3Si. The molecule has 0 aliphatic carbocycles. The maximum absolute atomic E-state index is 11.9. The lowest BCUT2D eigenvalue weighted by molar-refractivity contribution is -0.145. The summed E-state index contributed by atoms with van der Waals surface area (Å²) < 4.78 is 6.50. The molecule has 3 nitrogen and oxygen atoms in total. The Balaban J connectivity index is 3.27. The summed E-state index contributed by atoms with van der Waals surface area (Å²) in [4.78, 5) is 11.9. The van der Waals surface area contributed by atoms with Crippen LogP contribution in [0.2, 0.25) is 23.2 Å². The first kappa shape index (κ1) is 20.8. The quantitative estimate of drug-likeness (QED) is 0.510. The summed E-state index contributed by atoms with van der Waals surface area (Å²) in [6.07, 6.45) is 5.59. The Morgan fingerprint density at radius 2 is 1.88 bits per heavy atom. The number of aliphatic carboxylic acids is 1. The van der Waals surface area contributed by atoms with Crippen LogP contribution in [0.1, 0.15) is 45.3 Å². The highest BCUT2D eigenvalue weighted by Gasteiger charge is 2.42. The van der Waals surface area contributed by atoms with Gasteiger partial charge in [-0.05, 0) is 42.2 Å². The normalized spacial score (nSPS) is 14.7. The minimum Gasteiger partial charge on any atom is -0.481 e. The first-order valence-corrected chi connectivity index (χ1v) is 11.4. The number of hydrogen-bond acceptors (Lipinski definition) is 2. The van der Waals surface area contributed by atoms with Gasteiger partial charge in [0, 0.05) is 11.4 Å². The van der Waals surface area contributed by atoms with Gasteiger partial charge in [0.05, 0.1) is 12.0 Å². The number of carbonyl (C=O) groups is 1. The van der Waals surface area contributed by atoms with Crippen LogP contribution >= 0.6 is 11.6 Å². The molecule has 1 unspecified atom stereocenters. The number of halogens is 1. The molecule has 132 valence electrons. The van der Waals surface area contributed by atoms with E-state index >= 15 is 0 Å². The van der Waals surface area contributed by atoms with Gasteiger partial charge in [0.1, 0.15) is 0 Å². The smallest absolute Gasteiger partial charge is 0.309 e. The summed E-state index contributed by atoms with van der Waals surface area (Å²) in [5, 5.41) is 10.3. The minimum absolute atomic E-state index is 0.0210. The Kier molecular flexibility index (Phi) is 7.09. The van der Waals surface area contributed by atoms with Crippen LogP contribution < -0.4 is 0 Å². The molecule has 1 N–H and O–H groups in total. The van der Waals surface area contributed by atoms with E-state index in [0.717, 1.165) is 5.56 Å². The zero-order valence-corrected chi connectivity index (χ0v) is 16.9. The molecule has 1 rings (SSSR count). The van der Waals surface area contributed by atoms with Crippen LogP contribution in [0.5, 0.6) is 0 Å². The summed E-state index contributed by atoms with van der Waals surface area (Å²) in [6, 6.07) is 7.20. The molecule has 0 amide bonds. The number of terminal acetylenes is 1. The van der Waals surface area contributed by atoms with Crippen molar-refractivity contribution in [1.29, 1.82) is 0 Å². The topological polar surface area (TPSA) is 46.5 Å². The van der Waals surface area contributed by atoms with E-state index < -0.39 is 26.3 Å². The zero-order valence-electron chi connectivity index (χ0n) is 15.1. The van der Waals surface area contributed by atoms with E-state index in [-0.39, 0.29) is 5.04 Å². The lowest BCUT2D eigenvalue weighted by atomic mass is 9.92. The third-order valence-corrected chi connectivity index (χ3v) is 9.42. The molecule has 0 radical (unpaired) electrons. The van der Waals surface area contributed by atoms with Gasteiger partial charge in [0.15, 0.2) is 8.32 Å². The molecule has 0 fully saturated rings. The molecule has 24 heavy (non-hydrogen) atoms. The lowest BCUT2D eigenvalue weighted by Gasteiger charge is -2.41. The maximum atomic E-state index is 11.9. The van der Waals surface area contributed by atoms with E-state index in [2.05, 4.69) is 39.8 Å². The van der Waals surface area contributed by atoms with Crippen LogP contribution in [0.25, 0.3) is 0 Å². The Hall–Kier alpha value is -1.28. The van der Waals surface area contributed by atoms with Gasteiger partial charge in [-0.15, -0.1) is 12.3 Å². The maximum Gasteiger partial charge on any atom is 0.309 e. The van der Waals surface area contributed by atoms with Gasteiger partial charge < -0.3 is 9.53 Å². The average molecular weight is 367 g/mol. The molecule has 0 heterocycles. The Bertz CT molecular complexity index is 597. The fourth-order valence-corrected chi connectivity index (χ4v) is 3.59. The van der Waals surface area contributed by atoms with E-state index in [4.69, 9.17) is 22.5 Å². The summed E-state index contributed by atoms with van der Waals surface area (Å²) in [5.41, 5.74) is 0.827. The van der Waals surface area contributed by atoms with Crippen LogP contribution in [0, 0.1) is 18.3 Å². The van der Waals surface area contributed by atoms with Gasteiger partial charge in [-0.2, -0.15) is 0 Å². The number of hydrogen-bond donors (Lipinski definition) is 1. The molecular weight excluding hydrogens is 340 g/mol. The first-order chi connectivity index (χ1) is 11.0. The number of rotatable bonds is 7. The van der Waals surface area contributed by atoms with E-state index in [9.17, 15) is 9.90 Å². The van der Waals surface area contributed by atoms with E-state index in [0.29, 0.717) is 17.9 Å². The second kappa shape index (κ2) is 8.20. The largest absolute Gasteiger partial charge is 0.481 e. The van der Waals surface area contributed by atoms with Gasteiger partial charge in [0.2, 0.25) is 0 Å². The predicted octanol–water partition coefficient (Wildman–Crippen LogP) is 5.52. The molecule has 1 aromatic carbocycles. The van der Waals surface area contributed by atoms with Crippen LogP contribution in [0.4, 0.5) is 0 Å². The molecule has 0 aliphatic rings. The number of benzene rings is 1. The van der Waals surface area contributed by atoms with Crippen LogP contribution in [0.15, 0.2) is 24.3 Å². The van der Waals surface area contributed by atoms with E-state index in [1.165, 1.54) is 0 Å². The van der Waals surface area contributed by atoms with Crippen LogP contribution in [0.3, 0.4) is 0 Å². The van der Waals surface area contributed by atoms with Crippen molar-refractivity contribution in [3.63, 3.8) is 0 Å². The van der Waals surface area contributed by atoms with Gasteiger partial charge in [-0.3, -0.25) is 4.79 Å². The second-order valence-electron chi connectivity index (χ2n) is 7.54. The highest BCUT2D eigenvalue weighted by molar-refractivity contribution is 6.74. The Morgan fingerprint density at radius 3 is 2.29 bits per heavy atom. The van der Waals surface area contributed by atoms with Crippen LogP contribution in [-0.4, -0.2) is 19.4 Å². The standard InChI is InChI=1S/C19H27ClO3Si/c1-7-8-9-16(18(21)22)17(14-10-12-15(20)13-11-14)23-24(5,6)19(2,3)4/h1,10-13,16-17H,8-9H2,2-6H3,(H,21,22)/t16-,17?/m1/s1. The van der Waals surface area contributed by atoms with Crippen molar-refractivity contribution in [2.45, 2.75) is 57.8 Å². The average Bonchev–Trinajstić information content (AvgIpc) is 2.45. The molecule has 0 saturated heterocycles. The van der Waals surface area contributed by atoms with Crippen molar-refractivity contribution in [3.05, 3.63) is 34.9 Å². The zero-order chi connectivity index (χ0) is 18.5. The van der Waals surface area contributed by atoms with Gasteiger partial charge >= 0.3 is 5.97 Å². The molecule has 0 saturated carbocycles. The lowest BCUT2D eigenvalue weighted by Crippen LogP contribution is -2.44. The van der Waals surface area contributed by atoms with Crippen molar-refractivity contribution in [2.24, 2.45) is 5.92 Å². The Labute approximate surface area is 151 Å². The number of carboxylic acid groups (broad SMARTS) is 1. The molecule has 0 spiro atoms. The molecule has 1 aromatic rings. The predicted molar refractivity (Wildman–Crippen MR) is 102 cm³/mol. The fourth-order valence-electron chi connectivity index (χ4n) is 2.17. The van der Waals surface area contributed by atoms with Crippen molar-refractivity contribution in [1.82, 2.24) is 0 Å². The SMILES string of the molecule is C#CCC[C@@H](C(=O)O)C(O[Si](C)(C)C(C)(C)C)c1ccc(Cl)cc1. The van der Waals surface area contributed by atoms with Gasteiger partial charge in [-0.1, -0.05) is 44.5 Å². The molecule has 0 bridgehead atoms. The van der Waals surface area contributed by atoms with Crippen LogP contribution in [-0.2, 0) is 9.22 Å². The monoisotopic (exact) mass is 366 g/mol. The summed E-state index contributed by atoms with van der Waals surface area (Å²) in [5.74, 6) is 0.964. The third-order valence-electron chi connectivity index (χ3n) is 4.71. The molecule has 0 aromatic heterocycles. The summed E-state index contributed by atoms with van der Waals surface area (Å²) in [6.45, 7) is 10.6. The highest BCUT2D eigenvalue weighted by atomic mass is 35.5. The van der Waals surface area contributed by atoms with Crippen molar-refractivity contribution in [3.8, 4) is 12.3 Å².